The van der Waals surface area contributed by atoms with Crippen molar-refractivity contribution in [2.45, 2.75) is 38.6 Å². The molecule has 142 valence electrons. The molecular formula is C19H23N4O3S+. The maximum absolute atomic E-state index is 12.5. The van der Waals surface area contributed by atoms with Crippen molar-refractivity contribution in [2.75, 3.05) is 19.8 Å². The average molecular weight is 387 g/mol. The summed E-state index contributed by atoms with van der Waals surface area (Å²) in [6, 6.07) is 7.31. The van der Waals surface area contributed by atoms with Gasteiger partial charge in [-0.2, -0.15) is 0 Å². The second-order valence-corrected chi connectivity index (χ2v) is 8.57. The topological polar surface area (TPSA) is 75.0 Å². The minimum absolute atomic E-state index is 0.244. The van der Waals surface area contributed by atoms with Gasteiger partial charge in [-0.3, -0.25) is 14.5 Å². The molecule has 2 aromatic rings. The highest BCUT2D eigenvalue weighted by molar-refractivity contribution is 7.18. The van der Waals surface area contributed by atoms with Gasteiger partial charge in [-0.05, 0) is 38.8 Å². The number of fused-ring (bicyclic) bond motifs is 1. The van der Waals surface area contributed by atoms with E-state index in [1.807, 2.05) is 18.2 Å². The number of thiazole rings is 1. The molecule has 2 saturated heterocycles. The maximum atomic E-state index is 12.5. The molecule has 4 amide bonds. The van der Waals surface area contributed by atoms with Crippen LogP contribution in [0.15, 0.2) is 24.3 Å². The molecule has 1 aromatic carbocycles. The number of aromatic nitrogens is 1. The summed E-state index contributed by atoms with van der Waals surface area (Å²) in [6.45, 7) is 5.42. The van der Waals surface area contributed by atoms with Gasteiger partial charge in [-0.15, -0.1) is 11.3 Å². The lowest BCUT2D eigenvalue weighted by molar-refractivity contribution is -0.913. The molecule has 1 N–H and O–H groups in total. The monoisotopic (exact) mass is 387 g/mol. The Balaban J connectivity index is 1.48. The van der Waals surface area contributed by atoms with Gasteiger partial charge >= 0.3 is 17.8 Å². The number of imide groups is 2. The summed E-state index contributed by atoms with van der Waals surface area (Å²) in [7, 11) is 0. The summed E-state index contributed by atoms with van der Waals surface area (Å²) in [6.07, 6.45) is 2.07. The SMILES string of the molecule is CC(C)N1C(=O)C(=O)N(C[NH+]2CCC[C@@H](c3nc4ccccc4s3)C2)C1=O. The molecule has 0 bridgehead atoms. The summed E-state index contributed by atoms with van der Waals surface area (Å²) in [5.41, 5.74) is 1.02. The van der Waals surface area contributed by atoms with E-state index in [2.05, 4.69) is 6.07 Å². The Morgan fingerprint density at radius 1 is 1.22 bits per heavy atom. The fourth-order valence-corrected chi connectivity index (χ4v) is 5.01. The first kappa shape index (κ1) is 18.1. The van der Waals surface area contributed by atoms with Gasteiger partial charge in [0.05, 0.1) is 29.2 Å². The molecule has 1 aromatic heterocycles. The second kappa shape index (κ2) is 7.01. The number of hydrogen-bond donors (Lipinski definition) is 1. The van der Waals surface area contributed by atoms with Crippen LogP contribution in [0.1, 0.15) is 37.6 Å². The summed E-state index contributed by atoms with van der Waals surface area (Å²) >= 11 is 1.72. The first-order valence-electron chi connectivity index (χ1n) is 9.33. The first-order chi connectivity index (χ1) is 13.0. The molecule has 1 unspecified atom stereocenters. The van der Waals surface area contributed by atoms with Gasteiger partial charge in [-0.25, -0.2) is 14.7 Å². The summed E-state index contributed by atoms with van der Waals surface area (Å²) in [5, 5.41) is 1.12. The molecule has 8 heteroatoms. The third kappa shape index (κ3) is 3.23. The van der Waals surface area contributed by atoms with E-state index in [1.165, 1.54) is 4.70 Å². The summed E-state index contributed by atoms with van der Waals surface area (Å²) in [5.74, 6) is -1.10. The van der Waals surface area contributed by atoms with Gasteiger partial charge in [-0.1, -0.05) is 12.1 Å². The van der Waals surface area contributed by atoms with Crippen molar-refractivity contribution in [3.8, 4) is 0 Å². The van der Waals surface area contributed by atoms with E-state index < -0.39 is 17.8 Å². The van der Waals surface area contributed by atoms with Crippen LogP contribution in [0.4, 0.5) is 4.79 Å². The van der Waals surface area contributed by atoms with Gasteiger partial charge in [0, 0.05) is 6.04 Å². The minimum Gasteiger partial charge on any atom is -0.317 e. The van der Waals surface area contributed by atoms with Crippen LogP contribution in [0.2, 0.25) is 0 Å². The Morgan fingerprint density at radius 2 is 2.00 bits per heavy atom. The molecule has 2 atom stereocenters. The average Bonchev–Trinajstić information content (AvgIpc) is 3.17. The highest BCUT2D eigenvalue weighted by Gasteiger charge is 2.47. The Morgan fingerprint density at radius 3 is 2.70 bits per heavy atom. The highest BCUT2D eigenvalue weighted by Crippen LogP contribution is 2.30. The molecule has 0 radical (unpaired) electrons. The highest BCUT2D eigenvalue weighted by atomic mass is 32.1. The third-order valence-corrected chi connectivity index (χ3v) is 6.46. The zero-order chi connectivity index (χ0) is 19.1. The molecule has 0 saturated carbocycles. The molecule has 2 fully saturated rings. The van der Waals surface area contributed by atoms with E-state index in [4.69, 9.17) is 4.98 Å². The fraction of sp³-hybridized carbons (Fsp3) is 0.474. The Labute approximate surface area is 161 Å². The maximum Gasteiger partial charge on any atom is 0.338 e. The van der Waals surface area contributed by atoms with E-state index in [9.17, 15) is 14.4 Å². The van der Waals surface area contributed by atoms with Crippen molar-refractivity contribution in [3.05, 3.63) is 29.3 Å². The van der Waals surface area contributed by atoms with Crippen molar-refractivity contribution in [1.82, 2.24) is 14.8 Å². The van der Waals surface area contributed by atoms with Gasteiger partial charge in [0.1, 0.15) is 5.01 Å². The zero-order valence-electron chi connectivity index (χ0n) is 15.5. The van der Waals surface area contributed by atoms with E-state index in [0.717, 1.165) is 51.2 Å². The molecule has 3 heterocycles. The zero-order valence-corrected chi connectivity index (χ0v) is 16.3. The molecule has 4 rings (SSSR count). The normalized spacial score (nSPS) is 23.9. The number of amides is 4. The van der Waals surface area contributed by atoms with Crippen molar-refractivity contribution >= 4 is 39.4 Å². The lowest BCUT2D eigenvalue weighted by Crippen LogP contribution is -3.15. The number of benzene rings is 1. The second-order valence-electron chi connectivity index (χ2n) is 7.51. The Bertz CT molecular complexity index is 876. The number of carbonyl (C=O) groups excluding carboxylic acids is 3. The number of para-hydroxylation sites is 1. The number of quaternary nitrogens is 1. The van der Waals surface area contributed by atoms with Crippen LogP contribution in [0, 0.1) is 0 Å². The molecule has 0 spiro atoms. The number of piperidine rings is 1. The van der Waals surface area contributed by atoms with Crippen LogP contribution in [-0.4, -0.2) is 58.4 Å². The largest absolute Gasteiger partial charge is 0.338 e. The summed E-state index contributed by atoms with van der Waals surface area (Å²) in [4.78, 5) is 44.9. The molecule has 0 aliphatic carbocycles. The van der Waals surface area contributed by atoms with Gasteiger partial charge < -0.3 is 4.90 Å². The minimum atomic E-state index is -0.714. The van der Waals surface area contributed by atoms with Crippen LogP contribution >= 0.6 is 11.3 Å². The van der Waals surface area contributed by atoms with Crippen molar-refractivity contribution in [2.24, 2.45) is 0 Å². The molecular weight excluding hydrogens is 364 g/mol. The molecule has 27 heavy (non-hydrogen) atoms. The number of rotatable bonds is 4. The number of carbonyl (C=O) groups is 3. The number of nitrogens with one attached hydrogen (secondary N) is 1. The Hall–Kier alpha value is -2.32. The van der Waals surface area contributed by atoms with Gasteiger partial charge in [0.15, 0.2) is 6.67 Å². The van der Waals surface area contributed by atoms with E-state index in [-0.39, 0.29) is 12.7 Å². The predicted molar refractivity (Wildman–Crippen MR) is 101 cm³/mol. The van der Waals surface area contributed by atoms with Crippen LogP contribution in [0.25, 0.3) is 10.2 Å². The number of hydrogen-bond acceptors (Lipinski definition) is 5. The van der Waals surface area contributed by atoms with Crippen molar-refractivity contribution < 1.29 is 19.3 Å². The van der Waals surface area contributed by atoms with E-state index in [0.29, 0.717) is 5.92 Å². The van der Waals surface area contributed by atoms with Crippen LogP contribution in [0.5, 0.6) is 0 Å². The lowest BCUT2D eigenvalue weighted by Gasteiger charge is -2.30. The quantitative estimate of drug-likeness (QED) is 0.632. The number of likely N-dealkylation sites (tertiary alicyclic amines) is 1. The summed E-state index contributed by atoms with van der Waals surface area (Å²) < 4.78 is 1.18. The third-order valence-electron chi connectivity index (χ3n) is 5.26. The lowest BCUT2D eigenvalue weighted by atomic mass is 9.99. The first-order valence-corrected chi connectivity index (χ1v) is 10.2. The van der Waals surface area contributed by atoms with Gasteiger partial charge in [0.25, 0.3) is 0 Å². The Kier molecular flexibility index (Phi) is 4.69. The molecule has 2 aliphatic heterocycles. The predicted octanol–water partition coefficient (Wildman–Crippen LogP) is 1.22. The fourth-order valence-electron chi connectivity index (χ4n) is 3.91. The van der Waals surface area contributed by atoms with Crippen LogP contribution in [0.3, 0.4) is 0 Å². The van der Waals surface area contributed by atoms with Crippen LogP contribution in [-0.2, 0) is 9.59 Å². The van der Waals surface area contributed by atoms with Crippen molar-refractivity contribution in [1.29, 1.82) is 0 Å². The molecule has 2 aliphatic rings. The van der Waals surface area contributed by atoms with E-state index >= 15 is 0 Å². The number of nitrogens with zero attached hydrogens (tertiary/aromatic N) is 3. The standard InChI is InChI=1S/C19H22N4O3S/c1-12(2)23-18(25)17(24)22(19(23)26)11-21-9-5-6-13(10-21)16-20-14-7-3-4-8-15(14)27-16/h3-4,7-8,12-13H,5-6,9-11H2,1-2H3/p+1/t13-/m1/s1. The van der Waals surface area contributed by atoms with Crippen molar-refractivity contribution in [3.63, 3.8) is 0 Å². The number of urea groups is 1. The van der Waals surface area contributed by atoms with Crippen LogP contribution < -0.4 is 4.90 Å². The molecule has 7 nitrogen and oxygen atoms in total. The smallest absolute Gasteiger partial charge is 0.317 e. The van der Waals surface area contributed by atoms with Gasteiger partial charge in [0.2, 0.25) is 0 Å². The van der Waals surface area contributed by atoms with E-state index in [1.54, 1.807) is 25.2 Å².